The smallest absolute Gasteiger partial charge is 0.229 e. The van der Waals surface area contributed by atoms with E-state index in [1.807, 2.05) is 31.2 Å². The van der Waals surface area contributed by atoms with E-state index in [2.05, 4.69) is 60.2 Å². The van der Waals surface area contributed by atoms with Gasteiger partial charge in [-0.05, 0) is 83.8 Å². The summed E-state index contributed by atoms with van der Waals surface area (Å²) in [5, 5.41) is 6.54. The first-order valence-corrected chi connectivity index (χ1v) is 11.0. The third kappa shape index (κ3) is 4.48. The van der Waals surface area contributed by atoms with Crippen LogP contribution in [0.5, 0.6) is 0 Å². The van der Waals surface area contributed by atoms with E-state index in [1.54, 1.807) is 12.5 Å². The number of nitrogens with one attached hydrogen (secondary N) is 2. The van der Waals surface area contributed by atoms with Gasteiger partial charge in [0.25, 0.3) is 0 Å². The molecule has 0 bridgehead atoms. The highest BCUT2D eigenvalue weighted by molar-refractivity contribution is 5.70. The average molecular weight is 438 g/mol. The molecular weight excluding hydrogens is 405 g/mol. The van der Waals surface area contributed by atoms with Crippen molar-refractivity contribution in [1.82, 2.24) is 14.9 Å². The molecule has 0 spiro atoms. The molecule has 6 nitrogen and oxygen atoms in total. The zero-order valence-electron chi connectivity index (χ0n) is 19.7. The van der Waals surface area contributed by atoms with Crippen molar-refractivity contribution < 1.29 is 8.81 Å². The van der Waals surface area contributed by atoms with Crippen LogP contribution in [0.15, 0.2) is 47.4 Å². The normalized spacial score (nSPS) is 18.5. The van der Waals surface area contributed by atoms with Gasteiger partial charge in [-0.15, -0.1) is 0 Å². The molecule has 0 atom stereocenters. The van der Waals surface area contributed by atoms with Gasteiger partial charge >= 0.3 is 0 Å². The Morgan fingerprint density at radius 2 is 1.84 bits per heavy atom. The fourth-order valence-corrected chi connectivity index (χ4v) is 4.81. The molecule has 4 rings (SSSR count). The fraction of sp³-hybridized carbons (Fsp3) is 0.440. The molecule has 2 aromatic heterocycles. The van der Waals surface area contributed by atoms with Crippen LogP contribution in [-0.4, -0.2) is 39.0 Å². The maximum atomic E-state index is 14.6. The van der Waals surface area contributed by atoms with E-state index in [0.29, 0.717) is 5.95 Å². The lowest BCUT2D eigenvalue weighted by Gasteiger charge is -2.53. The molecule has 0 amide bonds. The van der Waals surface area contributed by atoms with Gasteiger partial charge in [-0.1, -0.05) is 6.07 Å². The number of hydrogen-bond donors (Lipinski definition) is 2. The van der Waals surface area contributed by atoms with Crippen LogP contribution in [0.1, 0.15) is 46.1 Å². The SMILES string of the molecule is Cc1cc(Nc2ncc(F)c(NC3CC(C)(C)N(C)C(C)(C)C3)n2)ccc1-c1ccoc1. The van der Waals surface area contributed by atoms with Crippen molar-refractivity contribution in [3.8, 4) is 11.1 Å². The van der Waals surface area contributed by atoms with E-state index in [-0.39, 0.29) is 22.9 Å². The Bertz CT molecular complexity index is 1080. The monoisotopic (exact) mass is 437 g/mol. The minimum atomic E-state index is -0.448. The van der Waals surface area contributed by atoms with Gasteiger partial charge in [-0.3, -0.25) is 4.90 Å². The standard InChI is InChI=1S/C25H32FN5O/c1-16-11-18(7-8-20(16)17-9-10-32-15-17)29-23-27-14-21(26)22(30-23)28-19-12-24(2,3)31(6)25(4,5)13-19/h7-11,14-15,19H,12-13H2,1-6H3,(H2,27,28,29,30). The summed E-state index contributed by atoms with van der Waals surface area (Å²) in [5.74, 6) is 0.141. The molecule has 2 N–H and O–H groups in total. The van der Waals surface area contributed by atoms with Crippen molar-refractivity contribution in [2.24, 2.45) is 0 Å². The topological polar surface area (TPSA) is 66.2 Å². The number of aromatic nitrogens is 2. The van der Waals surface area contributed by atoms with Crippen LogP contribution in [-0.2, 0) is 0 Å². The van der Waals surface area contributed by atoms with Gasteiger partial charge in [0, 0.05) is 28.4 Å². The molecule has 1 aromatic carbocycles. The zero-order valence-corrected chi connectivity index (χ0v) is 19.7. The predicted octanol–water partition coefficient (Wildman–Crippen LogP) is 5.99. The minimum absolute atomic E-state index is 0.00172. The molecule has 3 heterocycles. The van der Waals surface area contributed by atoms with Gasteiger partial charge in [-0.25, -0.2) is 9.37 Å². The highest BCUT2D eigenvalue weighted by Crippen LogP contribution is 2.38. The summed E-state index contributed by atoms with van der Waals surface area (Å²) in [6.45, 7) is 10.9. The Kier molecular flexibility index (Phi) is 5.71. The number of aryl methyl sites for hydroxylation is 1. The van der Waals surface area contributed by atoms with Gasteiger partial charge in [0.1, 0.15) is 0 Å². The lowest BCUT2D eigenvalue weighted by Crippen LogP contribution is -2.61. The maximum Gasteiger partial charge on any atom is 0.229 e. The molecule has 0 saturated carbocycles. The molecule has 1 aliphatic rings. The largest absolute Gasteiger partial charge is 0.472 e. The van der Waals surface area contributed by atoms with Gasteiger partial charge in [0.2, 0.25) is 5.95 Å². The molecule has 7 heteroatoms. The zero-order chi connectivity index (χ0) is 23.1. The van der Waals surface area contributed by atoms with Gasteiger partial charge in [0.15, 0.2) is 11.6 Å². The summed E-state index contributed by atoms with van der Waals surface area (Å²) in [6.07, 6.45) is 6.40. The third-order valence-corrected chi connectivity index (χ3v) is 6.71. The van der Waals surface area contributed by atoms with E-state index in [1.165, 1.54) is 6.20 Å². The number of likely N-dealkylation sites (tertiary alicyclic amines) is 1. The second-order valence-electron chi connectivity index (χ2n) is 9.99. The van der Waals surface area contributed by atoms with Crippen molar-refractivity contribution in [1.29, 1.82) is 0 Å². The van der Waals surface area contributed by atoms with Gasteiger partial charge in [0.05, 0.1) is 18.7 Å². The highest BCUT2D eigenvalue weighted by Gasteiger charge is 2.43. The summed E-state index contributed by atoms with van der Waals surface area (Å²) in [7, 11) is 2.16. The molecule has 1 saturated heterocycles. The van der Waals surface area contributed by atoms with E-state index in [9.17, 15) is 4.39 Å². The third-order valence-electron chi connectivity index (χ3n) is 6.71. The summed E-state index contributed by atoms with van der Waals surface area (Å²) < 4.78 is 19.8. The average Bonchev–Trinajstić information content (AvgIpc) is 3.23. The van der Waals surface area contributed by atoms with Gasteiger partial charge in [-0.2, -0.15) is 4.98 Å². The predicted molar refractivity (Wildman–Crippen MR) is 127 cm³/mol. The lowest BCUT2D eigenvalue weighted by molar-refractivity contribution is -0.00778. The van der Waals surface area contributed by atoms with Crippen LogP contribution < -0.4 is 10.6 Å². The van der Waals surface area contributed by atoms with Crippen LogP contribution in [0.2, 0.25) is 0 Å². The highest BCUT2D eigenvalue weighted by atomic mass is 19.1. The molecule has 1 fully saturated rings. The number of nitrogens with zero attached hydrogens (tertiary/aromatic N) is 3. The van der Waals surface area contributed by atoms with Crippen LogP contribution in [0.3, 0.4) is 0 Å². The van der Waals surface area contributed by atoms with Crippen molar-refractivity contribution in [2.75, 3.05) is 17.7 Å². The Hall–Kier alpha value is -2.93. The Morgan fingerprint density at radius 1 is 1.12 bits per heavy atom. The Morgan fingerprint density at radius 3 is 2.47 bits per heavy atom. The van der Waals surface area contributed by atoms with Crippen LogP contribution in [0, 0.1) is 12.7 Å². The summed E-state index contributed by atoms with van der Waals surface area (Å²) in [6, 6.07) is 8.04. The second kappa shape index (κ2) is 8.20. The molecule has 0 unspecified atom stereocenters. The van der Waals surface area contributed by atoms with E-state index >= 15 is 0 Å². The van der Waals surface area contributed by atoms with Crippen molar-refractivity contribution in [3.05, 3.63) is 54.4 Å². The van der Waals surface area contributed by atoms with E-state index in [4.69, 9.17) is 4.42 Å². The Balaban J connectivity index is 1.52. The van der Waals surface area contributed by atoms with Crippen molar-refractivity contribution in [2.45, 2.75) is 64.6 Å². The quantitative estimate of drug-likeness (QED) is 0.511. The first kappa shape index (κ1) is 22.3. The summed E-state index contributed by atoms with van der Waals surface area (Å²) in [5.41, 5.74) is 4.06. The number of rotatable bonds is 5. The number of hydrogen-bond acceptors (Lipinski definition) is 6. The molecule has 0 radical (unpaired) electrons. The van der Waals surface area contributed by atoms with Crippen LogP contribution in [0.25, 0.3) is 11.1 Å². The van der Waals surface area contributed by atoms with Crippen molar-refractivity contribution >= 4 is 17.5 Å². The first-order chi connectivity index (χ1) is 15.0. The van der Waals surface area contributed by atoms with Crippen LogP contribution in [0.4, 0.5) is 21.8 Å². The summed E-state index contributed by atoms with van der Waals surface area (Å²) in [4.78, 5) is 11.0. The Labute approximate surface area is 189 Å². The number of benzene rings is 1. The fourth-order valence-electron chi connectivity index (χ4n) is 4.81. The molecule has 0 aliphatic carbocycles. The lowest BCUT2D eigenvalue weighted by atomic mass is 9.77. The molecular formula is C25H32FN5O. The number of anilines is 3. The minimum Gasteiger partial charge on any atom is -0.472 e. The van der Waals surface area contributed by atoms with E-state index in [0.717, 1.165) is 35.2 Å². The molecule has 32 heavy (non-hydrogen) atoms. The van der Waals surface area contributed by atoms with Crippen LogP contribution >= 0.6 is 0 Å². The molecule has 1 aliphatic heterocycles. The number of piperidine rings is 1. The van der Waals surface area contributed by atoms with E-state index < -0.39 is 5.82 Å². The maximum absolute atomic E-state index is 14.6. The summed E-state index contributed by atoms with van der Waals surface area (Å²) >= 11 is 0. The molecule has 170 valence electrons. The number of halogens is 1. The molecule has 3 aromatic rings. The second-order valence-corrected chi connectivity index (χ2v) is 9.99. The van der Waals surface area contributed by atoms with Crippen molar-refractivity contribution in [3.63, 3.8) is 0 Å². The van der Waals surface area contributed by atoms with Gasteiger partial charge < -0.3 is 15.1 Å². The number of furan rings is 1. The first-order valence-electron chi connectivity index (χ1n) is 11.0.